The molecule has 0 saturated heterocycles. The second-order valence-corrected chi connectivity index (χ2v) is 4.54. The van der Waals surface area contributed by atoms with E-state index in [0.29, 0.717) is 18.1 Å². The molecule has 0 bridgehead atoms. The van der Waals surface area contributed by atoms with Gasteiger partial charge in [0.05, 0.1) is 6.54 Å². The monoisotopic (exact) mass is 250 g/mol. The van der Waals surface area contributed by atoms with Crippen LogP contribution in [0.3, 0.4) is 0 Å². The molecule has 2 aromatic rings. The fraction of sp³-hybridized carbons (Fsp3) is 0.267. The molecule has 0 spiro atoms. The van der Waals surface area contributed by atoms with Crippen molar-refractivity contribution in [3.63, 3.8) is 0 Å². The highest BCUT2D eigenvalue weighted by molar-refractivity contribution is 5.40. The predicted octanol–water partition coefficient (Wildman–Crippen LogP) is 2.60. The summed E-state index contributed by atoms with van der Waals surface area (Å²) in [4.78, 5) is 4.13. The van der Waals surface area contributed by atoms with Crippen LogP contribution in [0.4, 0.5) is 0 Å². The third kappa shape index (κ3) is 2.21. The molecule has 0 saturated carbocycles. The maximum atomic E-state index is 9.20. The lowest BCUT2D eigenvalue weighted by Crippen LogP contribution is -2.07. The molecule has 19 heavy (non-hydrogen) atoms. The van der Waals surface area contributed by atoms with E-state index < -0.39 is 0 Å². The van der Waals surface area contributed by atoms with E-state index in [2.05, 4.69) is 11.1 Å². The van der Waals surface area contributed by atoms with Crippen molar-refractivity contribution in [3.8, 4) is 12.1 Å². The van der Waals surface area contributed by atoms with Crippen LogP contribution in [0.15, 0.2) is 18.2 Å². The lowest BCUT2D eigenvalue weighted by molar-refractivity contribution is 0.744. The van der Waals surface area contributed by atoms with Crippen LogP contribution in [0.1, 0.15) is 33.9 Å². The van der Waals surface area contributed by atoms with Crippen LogP contribution in [0.2, 0.25) is 0 Å². The van der Waals surface area contributed by atoms with Crippen LogP contribution in [-0.4, -0.2) is 9.55 Å². The Morgan fingerprint density at radius 1 is 1.11 bits per heavy atom. The Balaban J connectivity index is 2.54. The Morgan fingerprint density at radius 3 is 2.26 bits per heavy atom. The van der Waals surface area contributed by atoms with Crippen LogP contribution in [0, 0.1) is 43.4 Å². The summed E-state index contributed by atoms with van der Waals surface area (Å²) < 4.78 is 1.80. The molecule has 2 rings (SSSR count). The van der Waals surface area contributed by atoms with Gasteiger partial charge in [0.1, 0.15) is 18.0 Å². The quantitative estimate of drug-likeness (QED) is 0.822. The Hall–Kier alpha value is -2.59. The van der Waals surface area contributed by atoms with Crippen molar-refractivity contribution in [1.29, 1.82) is 10.5 Å². The molecule has 0 atom stereocenters. The molecule has 0 aliphatic heterocycles. The minimum absolute atomic E-state index is 0.200. The van der Waals surface area contributed by atoms with E-state index in [1.165, 1.54) is 16.7 Å². The minimum atomic E-state index is 0.200. The lowest BCUT2D eigenvalue weighted by atomic mass is 10.0. The standard InChI is InChI=1S/C15H14N4/c1-10-5-4-6-11(2)13(10)9-19-12(3)18-14(7-16)15(19)8-17/h4-6H,9H2,1-3H3. The first-order valence-corrected chi connectivity index (χ1v) is 6.01. The van der Waals surface area contributed by atoms with Gasteiger partial charge in [-0.3, -0.25) is 0 Å². The Kier molecular flexibility index (Phi) is 3.35. The van der Waals surface area contributed by atoms with E-state index in [-0.39, 0.29) is 5.69 Å². The van der Waals surface area contributed by atoms with E-state index in [0.717, 1.165) is 0 Å². The number of aryl methyl sites for hydroxylation is 3. The molecule has 0 fully saturated rings. The molecule has 0 N–H and O–H groups in total. The number of hydrogen-bond donors (Lipinski definition) is 0. The molecule has 0 radical (unpaired) electrons. The molecule has 0 aliphatic carbocycles. The normalized spacial score (nSPS) is 9.95. The molecule has 4 nitrogen and oxygen atoms in total. The van der Waals surface area contributed by atoms with Crippen molar-refractivity contribution in [2.45, 2.75) is 27.3 Å². The Bertz CT molecular complexity index is 691. The number of benzene rings is 1. The molecule has 4 heteroatoms. The number of nitrogens with zero attached hydrogens (tertiary/aromatic N) is 4. The van der Waals surface area contributed by atoms with E-state index in [1.807, 2.05) is 45.0 Å². The number of nitriles is 2. The third-order valence-electron chi connectivity index (χ3n) is 3.33. The van der Waals surface area contributed by atoms with Crippen LogP contribution in [-0.2, 0) is 6.54 Å². The van der Waals surface area contributed by atoms with Gasteiger partial charge in [0.15, 0.2) is 11.4 Å². The number of rotatable bonds is 2. The molecule has 1 aromatic heterocycles. The van der Waals surface area contributed by atoms with Gasteiger partial charge in [-0.1, -0.05) is 18.2 Å². The van der Waals surface area contributed by atoms with Crippen LogP contribution < -0.4 is 0 Å². The molecule has 0 unspecified atom stereocenters. The minimum Gasteiger partial charge on any atom is -0.314 e. The zero-order valence-electron chi connectivity index (χ0n) is 11.2. The topological polar surface area (TPSA) is 65.4 Å². The predicted molar refractivity (Wildman–Crippen MR) is 71.4 cm³/mol. The van der Waals surface area contributed by atoms with E-state index in [4.69, 9.17) is 5.26 Å². The smallest absolute Gasteiger partial charge is 0.177 e. The lowest BCUT2D eigenvalue weighted by Gasteiger charge is -2.12. The maximum absolute atomic E-state index is 9.20. The summed E-state index contributed by atoms with van der Waals surface area (Å²) >= 11 is 0. The van der Waals surface area contributed by atoms with Crippen molar-refractivity contribution in [1.82, 2.24) is 9.55 Å². The first-order chi connectivity index (χ1) is 9.08. The van der Waals surface area contributed by atoms with Crippen molar-refractivity contribution < 1.29 is 0 Å². The van der Waals surface area contributed by atoms with Gasteiger partial charge in [-0.2, -0.15) is 10.5 Å². The van der Waals surface area contributed by atoms with Crippen LogP contribution in [0.25, 0.3) is 0 Å². The Morgan fingerprint density at radius 2 is 1.74 bits per heavy atom. The first-order valence-electron chi connectivity index (χ1n) is 6.01. The van der Waals surface area contributed by atoms with E-state index in [1.54, 1.807) is 4.57 Å². The van der Waals surface area contributed by atoms with Gasteiger partial charge < -0.3 is 4.57 Å². The highest BCUT2D eigenvalue weighted by Crippen LogP contribution is 2.18. The molecule has 1 heterocycles. The van der Waals surface area contributed by atoms with Gasteiger partial charge in [0, 0.05) is 0 Å². The van der Waals surface area contributed by atoms with Gasteiger partial charge in [0.25, 0.3) is 0 Å². The summed E-state index contributed by atoms with van der Waals surface area (Å²) in [6, 6.07) is 10.2. The molecule has 0 amide bonds. The molecule has 1 aromatic carbocycles. The SMILES string of the molecule is Cc1cccc(C)c1Cn1c(C)nc(C#N)c1C#N. The second-order valence-electron chi connectivity index (χ2n) is 4.54. The number of hydrogen-bond acceptors (Lipinski definition) is 3. The van der Waals surface area contributed by atoms with Crippen LogP contribution >= 0.6 is 0 Å². The third-order valence-corrected chi connectivity index (χ3v) is 3.33. The van der Waals surface area contributed by atoms with Crippen LogP contribution in [0.5, 0.6) is 0 Å². The number of aromatic nitrogens is 2. The zero-order chi connectivity index (χ0) is 14.0. The van der Waals surface area contributed by atoms with Gasteiger partial charge in [-0.05, 0) is 37.5 Å². The molecular formula is C15H14N4. The average Bonchev–Trinajstić information content (AvgIpc) is 2.69. The summed E-state index contributed by atoms with van der Waals surface area (Å²) in [7, 11) is 0. The van der Waals surface area contributed by atoms with Crippen molar-refractivity contribution in [2.75, 3.05) is 0 Å². The largest absolute Gasteiger partial charge is 0.314 e. The maximum Gasteiger partial charge on any atom is 0.177 e. The summed E-state index contributed by atoms with van der Waals surface area (Å²) in [6.45, 7) is 6.48. The van der Waals surface area contributed by atoms with Gasteiger partial charge >= 0.3 is 0 Å². The molecule has 0 aliphatic rings. The summed E-state index contributed by atoms with van der Waals surface area (Å²) in [6.07, 6.45) is 0. The highest BCUT2D eigenvalue weighted by atomic mass is 15.1. The fourth-order valence-corrected chi connectivity index (χ4v) is 2.21. The van der Waals surface area contributed by atoms with Gasteiger partial charge in [0.2, 0.25) is 0 Å². The second kappa shape index (κ2) is 4.96. The van der Waals surface area contributed by atoms with Crippen molar-refractivity contribution in [2.24, 2.45) is 0 Å². The number of imidazole rings is 1. The average molecular weight is 250 g/mol. The van der Waals surface area contributed by atoms with Crippen molar-refractivity contribution in [3.05, 3.63) is 52.1 Å². The summed E-state index contributed by atoms with van der Waals surface area (Å²) in [5.74, 6) is 0.691. The van der Waals surface area contributed by atoms with Crippen molar-refractivity contribution >= 4 is 0 Å². The van der Waals surface area contributed by atoms with Gasteiger partial charge in [-0.25, -0.2) is 4.98 Å². The van der Waals surface area contributed by atoms with E-state index >= 15 is 0 Å². The molecule has 94 valence electrons. The Labute approximate surface area is 112 Å². The highest BCUT2D eigenvalue weighted by Gasteiger charge is 2.15. The first kappa shape index (κ1) is 12.9. The zero-order valence-corrected chi connectivity index (χ0v) is 11.2. The fourth-order valence-electron chi connectivity index (χ4n) is 2.21. The van der Waals surface area contributed by atoms with Gasteiger partial charge in [-0.15, -0.1) is 0 Å². The van der Waals surface area contributed by atoms with E-state index in [9.17, 15) is 5.26 Å². The summed E-state index contributed by atoms with van der Waals surface area (Å²) in [5.41, 5.74) is 4.06. The summed E-state index contributed by atoms with van der Waals surface area (Å²) in [5, 5.41) is 18.2. The molecular weight excluding hydrogens is 236 g/mol.